The zero-order valence-corrected chi connectivity index (χ0v) is 20.5. The number of aromatic nitrogens is 1. The molecule has 6 nitrogen and oxygen atoms in total. The van der Waals surface area contributed by atoms with Crippen molar-refractivity contribution in [3.05, 3.63) is 53.3 Å². The third-order valence-electron chi connectivity index (χ3n) is 11.0. The zero-order chi connectivity index (χ0) is 23.7. The number of aliphatic hydroxyl groups is 1. The molecule has 8 atom stereocenters. The van der Waals surface area contributed by atoms with Crippen molar-refractivity contribution in [2.24, 2.45) is 23.7 Å². The van der Waals surface area contributed by atoms with Gasteiger partial charge >= 0.3 is 0 Å². The Labute approximate surface area is 206 Å². The fraction of sp³-hybridized carbons (Fsp3) is 0.621. The molecule has 4 fully saturated rings. The Bertz CT molecular complexity index is 1210. The first-order chi connectivity index (χ1) is 16.9. The number of methoxy groups -OCH3 is 1. The highest BCUT2D eigenvalue weighted by Gasteiger charge is 2.82. The van der Waals surface area contributed by atoms with Gasteiger partial charge in [-0.1, -0.05) is 6.07 Å². The first-order valence-corrected chi connectivity index (χ1v) is 13.4. The van der Waals surface area contributed by atoms with E-state index in [0.29, 0.717) is 23.6 Å². The van der Waals surface area contributed by atoms with Gasteiger partial charge in [0.2, 0.25) is 0 Å². The van der Waals surface area contributed by atoms with Crippen LogP contribution in [-0.4, -0.2) is 58.0 Å². The number of ether oxygens (including phenoxy) is 2. The zero-order valence-electron chi connectivity index (χ0n) is 20.5. The van der Waals surface area contributed by atoms with Gasteiger partial charge in [0.05, 0.1) is 5.60 Å². The largest absolute Gasteiger partial charge is 0.504 e. The lowest BCUT2D eigenvalue weighted by Crippen LogP contribution is -2.83. The third kappa shape index (κ3) is 2.35. The van der Waals surface area contributed by atoms with Gasteiger partial charge < -0.3 is 19.7 Å². The van der Waals surface area contributed by atoms with Crippen molar-refractivity contribution in [2.75, 3.05) is 20.2 Å². The summed E-state index contributed by atoms with van der Waals surface area (Å²) in [4.78, 5) is 6.96. The second-order valence-corrected chi connectivity index (χ2v) is 12.4. The normalized spacial score (nSPS) is 42.0. The van der Waals surface area contributed by atoms with E-state index in [1.54, 1.807) is 19.5 Å². The van der Waals surface area contributed by atoms with Gasteiger partial charge in [0.25, 0.3) is 0 Å². The number of hydrogen-bond acceptors (Lipinski definition) is 6. The highest BCUT2D eigenvalue weighted by Crippen LogP contribution is 2.76. The summed E-state index contributed by atoms with van der Waals surface area (Å²) < 4.78 is 13.3. The first kappa shape index (κ1) is 21.0. The fourth-order valence-electron chi connectivity index (χ4n) is 9.64. The SMILES string of the molecule is CO[C@@]12CC(C3[C@H]4Cc5ccc(O)c6c5[C@@]3(CCN4CC3CC3)[C@H]1O6)[C@@H]2[C@@](C)(O)c1ccncc1. The van der Waals surface area contributed by atoms with E-state index in [1.165, 1.54) is 30.5 Å². The minimum atomic E-state index is -1.07. The maximum absolute atomic E-state index is 12.2. The van der Waals surface area contributed by atoms with Crippen molar-refractivity contribution < 1.29 is 19.7 Å². The molecule has 1 aromatic heterocycles. The lowest BCUT2D eigenvalue weighted by molar-refractivity contribution is -0.333. The van der Waals surface area contributed by atoms with Crippen LogP contribution in [0.3, 0.4) is 0 Å². The van der Waals surface area contributed by atoms with Gasteiger partial charge in [-0.25, -0.2) is 0 Å². The molecular weight excluding hydrogens is 440 g/mol. The van der Waals surface area contributed by atoms with Crippen LogP contribution in [-0.2, 0) is 22.2 Å². The first-order valence-electron chi connectivity index (χ1n) is 13.4. The van der Waals surface area contributed by atoms with E-state index >= 15 is 0 Å². The van der Waals surface area contributed by atoms with Crippen LogP contribution in [0.15, 0.2) is 36.7 Å². The molecule has 4 bridgehead atoms. The summed E-state index contributed by atoms with van der Waals surface area (Å²) in [5.41, 5.74) is 1.65. The fourth-order valence-corrected chi connectivity index (χ4v) is 9.64. The summed E-state index contributed by atoms with van der Waals surface area (Å²) in [5.74, 6) is 2.38. The topological polar surface area (TPSA) is 75.1 Å². The number of piperidine rings is 1. The summed E-state index contributed by atoms with van der Waals surface area (Å²) in [6, 6.07) is 8.26. The molecule has 1 saturated heterocycles. The summed E-state index contributed by atoms with van der Waals surface area (Å²) in [6.07, 6.45) is 8.95. The van der Waals surface area contributed by atoms with Gasteiger partial charge in [0.1, 0.15) is 11.7 Å². The van der Waals surface area contributed by atoms with Crippen molar-refractivity contribution in [2.45, 2.75) is 67.8 Å². The number of pyridine rings is 1. The third-order valence-corrected chi connectivity index (χ3v) is 11.0. The molecule has 3 heterocycles. The van der Waals surface area contributed by atoms with E-state index in [0.717, 1.165) is 37.3 Å². The molecular formula is C29H34N2O4. The van der Waals surface area contributed by atoms with Gasteiger partial charge in [0.15, 0.2) is 11.5 Å². The van der Waals surface area contributed by atoms with Crippen LogP contribution >= 0.6 is 0 Å². The van der Waals surface area contributed by atoms with E-state index in [9.17, 15) is 10.2 Å². The Balaban J connectivity index is 1.32. The summed E-state index contributed by atoms with van der Waals surface area (Å²) in [6.45, 7) is 4.22. The highest BCUT2D eigenvalue weighted by molar-refractivity contribution is 5.62. The standard InChI is InChI=1S/C29H34N2O4/c1-27(33,18-7-10-30-11-8-18)25-19-14-29(25,34-2)26-28-9-12-31(15-16-3-4-16)20(23(19)28)13-17-5-6-21(32)24(35-26)22(17)28/h5-8,10-11,16,19-20,23,25-26,32-33H,3-4,9,12-15H2,1-2H3/t19?,20-,23?,25-,26-,27+,28-,29-/m1/s1. The number of phenolic OH excluding ortho intramolecular Hbond substituents is 1. The number of benzene rings is 1. The minimum Gasteiger partial charge on any atom is -0.504 e. The van der Waals surface area contributed by atoms with Crippen LogP contribution in [0.5, 0.6) is 11.5 Å². The Hall–Kier alpha value is -2.15. The maximum Gasteiger partial charge on any atom is 0.165 e. The molecule has 184 valence electrons. The number of likely N-dealkylation sites (tertiary alicyclic amines) is 1. The van der Waals surface area contributed by atoms with Gasteiger partial charge in [-0.3, -0.25) is 9.88 Å². The number of nitrogens with zero attached hydrogens (tertiary/aromatic N) is 2. The molecule has 0 amide bonds. The Morgan fingerprint density at radius 3 is 2.77 bits per heavy atom. The van der Waals surface area contributed by atoms with Crippen LogP contribution in [0, 0.1) is 23.7 Å². The van der Waals surface area contributed by atoms with Crippen molar-refractivity contribution in [1.82, 2.24) is 9.88 Å². The molecule has 4 aliphatic carbocycles. The summed E-state index contributed by atoms with van der Waals surface area (Å²) >= 11 is 0. The van der Waals surface area contributed by atoms with Gasteiger partial charge in [-0.2, -0.15) is 0 Å². The molecule has 8 rings (SSSR count). The number of fused-ring (bicyclic) bond motifs is 3. The van der Waals surface area contributed by atoms with E-state index in [1.807, 2.05) is 25.1 Å². The average molecular weight is 475 g/mol. The molecule has 2 unspecified atom stereocenters. The Morgan fingerprint density at radius 2 is 2.03 bits per heavy atom. The van der Waals surface area contributed by atoms with Crippen LogP contribution < -0.4 is 4.74 Å². The lowest BCUT2D eigenvalue weighted by Gasteiger charge is -2.75. The molecule has 6 heteroatoms. The number of rotatable bonds is 5. The van der Waals surface area contributed by atoms with Gasteiger partial charge in [-0.05, 0) is 92.7 Å². The predicted molar refractivity (Wildman–Crippen MR) is 129 cm³/mol. The molecule has 2 aliphatic heterocycles. The Morgan fingerprint density at radius 1 is 1.23 bits per heavy atom. The molecule has 1 spiro atoms. The summed E-state index contributed by atoms with van der Waals surface area (Å²) in [7, 11) is 1.79. The summed E-state index contributed by atoms with van der Waals surface area (Å²) in [5, 5.41) is 23.1. The molecule has 2 N–H and O–H groups in total. The van der Waals surface area contributed by atoms with E-state index < -0.39 is 11.2 Å². The van der Waals surface area contributed by atoms with Crippen molar-refractivity contribution in [3.63, 3.8) is 0 Å². The number of phenols is 1. The monoisotopic (exact) mass is 474 g/mol. The number of hydrogen-bond donors (Lipinski definition) is 2. The van der Waals surface area contributed by atoms with Crippen molar-refractivity contribution in [1.29, 1.82) is 0 Å². The highest BCUT2D eigenvalue weighted by atomic mass is 16.6. The molecule has 0 radical (unpaired) electrons. The molecule has 3 saturated carbocycles. The van der Waals surface area contributed by atoms with E-state index in [2.05, 4.69) is 16.0 Å². The second kappa shape index (κ2) is 6.58. The minimum absolute atomic E-state index is 0.0908. The van der Waals surface area contributed by atoms with Crippen molar-refractivity contribution in [3.8, 4) is 11.5 Å². The van der Waals surface area contributed by atoms with Gasteiger partial charge in [0, 0.05) is 49.0 Å². The van der Waals surface area contributed by atoms with E-state index in [4.69, 9.17) is 9.47 Å². The Kier molecular flexibility index (Phi) is 3.95. The molecule has 6 aliphatic rings. The molecule has 1 aromatic carbocycles. The molecule has 2 aromatic rings. The lowest BCUT2D eigenvalue weighted by atomic mass is 9.34. The predicted octanol–water partition coefficient (Wildman–Crippen LogP) is 3.39. The van der Waals surface area contributed by atoms with Crippen molar-refractivity contribution >= 4 is 0 Å². The maximum atomic E-state index is 12.2. The number of aromatic hydroxyl groups is 1. The smallest absolute Gasteiger partial charge is 0.165 e. The van der Waals surface area contributed by atoms with Crippen LogP contribution in [0.1, 0.15) is 49.3 Å². The average Bonchev–Trinajstić information content (AvgIpc) is 3.59. The van der Waals surface area contributed by atoms with E-state index in [-0.39, 0.29) is 23.2 Å². The van der Waals surface area contributed by atoms with Crippen LogP contribution in [0.2, 0.25) is 0 Å². The molecule has 35 heavy (non-hydrogen) atoms. The quantitative estimate of drug-likeness (QED) is 0.692. The van der Waals surface area contributed by atoms with Crippen LogP contribution in [0.25, 0.3) is 0 Å². The second-order valence-electron chi connectivity index (χ2n) is 12.4. The van der Waals surface area contributed by atoms with Crippen LogP contribution in [0.4, 0.5) is 0 Å². The van der Waals surface area contributed by atoms with Gasteiger partial charge in [-0.15, -0.1) is 0 Å².